The average molecular weight is 342 g/mol. The molecule has 0 radical (unpaired) electrons. The van der Waals surface area contributed by atoms with Crippen molar-refractivity contribution in [3.8, 4) is 0 Å². The lowest BCUT2D eigenvalue weighted by molar-refractivity contribution is 0.245. The Bertz CT molecular complexity index is 838. The number of halogens is 1. The van der Waals surface area contributed by atoms with Crippen LogP contribution < -0.4 is 5.32 Å². The van der Waals surface area contributed by atoms with E-state index in [1.807, 2.05) is 36.4 Å². The molecule has 0 saturated carbocycles. The zero-order chi connectivity index (χ0) is 14.4. The summed E-state index contributed by atoms with van der Waals surface area (Å²) in [6, 6.07) is 15.7. The maximum absolute atomic E-state index is 12.2. The summed E-state index contributed by atoms with van der Waals surface area (Å²) in [6.45, 7) is 0. The molecule has 4 rings (SSSR count). The Labute approximate surface area is 129 Å². The summed E-state index contributed by atoms with van der Waals surface area (Å²) in [6.07, 6.45) is 0.738. The van der Waals surface area contributed by atoms with Crippen LogP contribution in [0.1, 0.15) is 17.4 Å². The zero-order valence-corrected chi connectivity index (χ0v) is 12.7. The van der Waals surface area contributed by atoms with Gasteiger partial charge in [0.05, 0.1) is 17.1 Å². The van der Waals surface area contributed by atoms with Gasteiger partial charge in [-0.1, -0.05) is 40.2 Å². The van der Waals surface area contributed by atoms with Gasteiger partial charge in [0.25, 0.3) is 0 Å². The van der Waals surface area contributed by atoms with E-state index in [9.17, 15) is 4.79 Å². The van der Waals surface area contributed by atoms with Crippen molar-refractivity contribution in [1.29, 1.82) is 0 Å². The summed E-state index contributed by atoms with van der Waals surface area (Å²) >= 11 is 3.43. The Morgan fingerprint density at radius 2 is 1.90 bits per heavy atom. The molecule has 0 saturated heterocycles. The first kappa shape index (κ1) is 12.6. The molecular weight excluding hydrogens is 330 g/mol. The first-order valence-corrected chi connectivity index (χ1v) is 7.54. The maximum atomic E-state index is 12.2. The third-order valence-corrected chi connectivity index (χ3v) is 4.28. The number of benzene rings is 2. The van der Waals surface area contributed by atoms with Crippen LogP contribution >= 0.6 is 15.9 Å². The molecule has 104 valence electrons. The van der Waals surface area contributed by atoms with E-state index in [0.717, 1.165) is 27.8 Å². The van der Waals surface area contributed by atoms with E-state index < -0.39 is 0 Å². The summed E-state index contributed by atoms with van der Waals surface area (Å²) in [4.78, 5) is 16.8. The number of nitrogens with zero attached hydrogens (tertiary/aromatic N) is 2. The fraction of sp³-hybridized carbons (Fsp3) is 0.125. The average Bonchev–Trinajstić information content (AvgIpc) is 3.00. The second-order valence-corrected chi connectivity index (χ2v) is 6.04. The minimum absolute atomic E-state index is 0.0777. The Morgan fingerprint density at radius 3 is 2.71 bits per heavy atom. The lowest BCUT2D eigenvalue weighted by Gasteiger charge is -2.08. The summed E-state index contributed by atoms with van der Waals surface area (Å²) in [7, 11) is 0. The molecule has 1 amide bonds. The molecular formula is C16H12BrN3O. The monoisotopic (exact) mass is 341 g/mol. The van der Waals surface area contributed by atoms with Crippen molar-refractivity contribution in [3.05, 3.63) is 64.4 Å². The molecule has 1 aliphatic rings. The summed E-state index contributed by atoms with van der Waals surface area (Å²) < 4.78 is 2.73. The van der Waals surface area contributed by atoms with Crippen LogP contribution in [0, 0.1) is 0 Å². The highest BCUT2D eigenvalue weighted by atomic mass is 79.9. The third-order valence-electron chi connectivity index (χ3n) is 3.75. The number of rotatable bonds is 2. The number of para-hydroxylation sites is 2. The molecule has 1 aromatic heterocycles. The molecule has 0 unspecified atom stereocenters. The highest BCUT2D eigenvalue weighted by Gasteiger charge is 2.31. The molecule has 1 N–H and O–H groups in total. The number of carbonyl (C=O) groups excluding carboxylic acids is 1. The summed E-state index contributed by atoms with van der Waals surface area (Å²) in [5.74, 6) is 0.795. The number of aromatic nitrogens is 2. The van der Waals surface area contributed by atoms with Gasteiger partial charge in [-0.3, -0.25) is 0 Å². The van der Waals surface area contributed by atoms with Gasteiger partial charge in [0.2, 0.25) is 0 Å². The van der Waals surface area contributed by atoms with Gasteiger partial charge in [-0.25, -0.2) is 14.3 Å². The first-order chi connectivity index (χ1) is 10.2. The van der Waals surface area contributed by atoms with Gasteiger partial charge in [-0.2, -0.15) is 0 Å². The smallest absolute Gasteiger partial charge is 0.327 e. The van der Waals surface area contributed by atoms with Crippen LogP contribution in [0.3, 0.4) is 0 Å². The van der Waals surface area contributed by atoms with E-state index in [0.29, 0.717) is 0 Å². The largest absolute Gasteiger partial charge is 0.328 e. The minimum atomic E-state index is -0.0965. The number of fused-ring (bicyclic) bond motifs is 3. The predicted octanol–water partition coefficient (Wildman–Crippen LogP) is 3.65. The Hall–Kier alpha value is -2.14. The van der Waals surface area contributed by atoms with Gasteiger partial charge in [-0.05, 0) is 36.2 Å². The van der Waals surface area contributed by atoms with Crippen LogP contribution in [-0.2, 0) is 6.42 Å². The van der Waals surface area contributed by atoms with Gasteiger partial charge in [-0.15, -0.1) is 0 Å². The van der Waals surface area contributed by atoms with Crippen LogP contribution in [0.4, 0.5) is 4.79 Å². The highest BCUT2D eigenvalue weighted by molar-refractivity contribution is 9.10. The van der Waals surface area contributed by atoms with E-state index in [-0.39, 0.29) is 12.1 Å². The number of imidazole rings is 1. The molecule has 1 atom stereocenters. The van der Waals surface area contributed by atoms with Crippen LogP contribution in [0.5, 0.6) is 0 Å². The van der Waals surface area contributed by atoms with Crippen molar-refractivity contribution in [2.24, 2.45) is 0 Å². The second-order valence-electron chi connectivity index (χ2n) is 5.13. The molecule has 0 bridgehead atoms. The molecule has 2 aromatic carbocycles. The SMILES string of the molecule is O=C1N[C@H](Cc2ccc(Br)cc2)c2nc3ccccc3n21. The van der Waals surface area contributed by atoms with Crippen molar-refractivity contribution in [2.45, 2.75) is 12.5 Å². The quantitative estimate of drug-likeness (QED) is 0.773. The van der Waals surface area contributed by atoms with Crippen LogP contribution in [0.15, 0.2) is 53.0 Å². The van der Waals surface area contributed by atoms with Gasteiger partial charge in [0, 0.05) is 4.47 Å². The van der Waals surface area contributed by atoms with E-state index in [2.05, 4.69) is 38.4 Å². The molecule has 5 heteroatoms. The van der Waals surface area contributed by atoms with E-state index in [4.69, 9.17) is 0 Å². The van der Waals surface area contributed by atoms with Crippen LogP contribution in [0.25, 0.3) is 11.0 Å². The van der Waals surface area contributed by atoms with Crippen molar-refractivity contribution in [3.63, 3.8) is 0 Å². The third kappa shape index (κ3) is 2.05. The number of carbonyl (C=O) groups is 1. The Kier molecular flexibility index (Phi) is 2.82. The number of amides is 1. The fourth-order valence-corrected chi connectivity index (χ4v) is 3.03. The first-order valence-electron chi connectivity index (χ1n) is 6.75. The molecule has 21 heavy (non-hydrogen) atoms. The zero-order valence-electron chi connectivity index (χ0n) is 11.1. The summed E-state index contributed by atoms with van der Waals surface area (Å²) in [5.41, 5.74) is 2.90. The predicted molar refractivity (Wildman–Crippen MR) is 84.2 cm³/mol. The van der Waals surface area contributed by atoms with Crippen molar-refractivity contribution < 1.29 is 4.79 Å². The lowest BCUT2D eigenvalue weighted by atomic mass is 10.1. The van der Waals surface area contributed by atoms with E-state index in [1.165, 1.54) is 5.56 Å². The van der Waals surface area contributed by atoms with E-state index in [1.54, 1.807) is 4.57 Å². The molecule has 1 aliphatic heterocycles. The second kappa shape index (κ2) is 4.70. The van der Waals surface area contributed by atoms with Crippen molar-refractivity contribution in [2.75, 3.05) is 0 Å². The molecule has 2 heterocycles. The molecule has 4 nitrogen and oxygen atoms in total. The maximum Gasteiger partial charge on any atom is 0.328 e. The topological polar surface area (TPSA) is 46.9 Å². The van der Waals surface area contributed by atoms with Crippen molar-refractivity contribution in [1.82, 2.24) is 14.9 Å². The number of hydrogen-bond donors (Lipinski definition) is 1. The van der Waals surface area contributed by atoms with Crippen LogP contribution in [-0.4, -0.2) is 15.6 Å². The molecule has 0 spiro atoms. The molecule has 0 aliphatic carbocycles. The molecule has 3 aromatic rings. The fourth-order valence-electron chi connectivity index (χ4n) is 2.77. The van der Waals surface area contributed by atoms with Gasteiger partial charge in [0.1, 0.15) is 5.82 Å². The van der Waals surface area contributed by atoms with Gasteiger partial charge in [0.15, 0.2) is 0 Å². The number of hydrogen-bond acceptors (Lipinski definition) is 2. The van der Waals surface area contributed by atoms with Gasteiger partial charge < -0.3 is 5.32 Å². The van der Waals surface area contributed by atoms with E-state index >= 15 is 0 Å². The minimum Gasteiger partial charge on any atom is -0.327 e. The lowest BCUT2D eigenvalue weighted by Crippen LogP contribution is -2.22. The Balaban J connectivity index is 1.74. The van der Waals surface area contributed by atoms with Crippen LogP contribution in [0.2, 0.25) is 0 Å². The standard InChI is InChI=1S/C16H12BrN3O/c17-11-7-5-10(6-8-11)9-13-15-18-12-3-1-2-4-14(12)20(15)16(21)19-13/h1-8,13H,9H2,(H,19,21)/t13-/m1/s1. The Morgan fingerprint density at radius 1 is 1.14 bits per heavy atom. The highest BCUT2D eigenvalue weighted by Crippen LogP contribution is 2.28. The normalized spacial score (nSPS) is 17.0. The number of nitrogens with one attached hydrogen (secondary N) is 1. The molecule has 0 fully saturated rings. The summed E-state index contributed by atoms with van der Waals surface area (Å²) in [5, 5.41) is 3.00. The van der Waals surface area contributed by atoms with Gasteiger partial charge >= 0.3 is 6.03 Å². The van der Waals surface area contributed by atoms with Crippen molar-refractivity contribution >= 4 is 33.0 Å².